The third kappa shape index (κ3) is 3.79. The molecule has 0 aromatic heterocycles. The lowest BCUT2D eigenvalue weighted by Gasteiger charge is -2.22. The Labute approximate surface area is 149 Å². The highest BCUT2D eigenvalue weighted by atomic mass is 35.5. The standard InChI is InChI=1S/C18H19ClN2O2S/c1-24(23)15-7-4-13(5-8-15)18(22)20-16-12-14(19)6-9-17(16)21-10-2-3-11-21/h4-9,12H,2-3,10-11H2,1H3,(H,20,22). The summed E-state index contributed by atoms with van der Waals surface area (Å²) in [6.45, 7) is 1.98. The van der Waals surface area contributed by atoms with Crippen molar-refractivity contribution in [3.05, 3.63) is 53.1 Å². The minimum Gasteiger partial charge on any atom is -0.370 e. The zero-order valence-electron chi connectivity index (χ0n) is 13.4. The maximum Gasteiger partial charge on any atom is 0.255 e. The van der Waals surface area contributed by atoms with Crippen molar-refractivity contribution in [2.75, 3.05) is 29.6 Å². The van der Waals surface area contributed by atoms with E-state index in [9.17, 15) is 9.00 Å². The molecule has 1 unspecified atom stereocenters. The summed E-state index contributed by atoms with van der Waals surface area (Å²) in [7, 11) is -1.05. The van der Waals surface area contributed by atoms with Crippen LogP contribution in [0.3, 0.4) is 0 Å². The van der Waals surface area contributed by atoms with Crippen LogP contribution in [0, 0.1) is 0 Å². The molecule has 0 radical (unpaired) electrons. The fourth-order valence-electron chi connectivity index (χ4n) is 2.83. The minimum absolute atomic E-state index is 0.203. The Bertz CT molecular complexity index is 771. The van der Waals surface area contributed by atoms with Gasteiger partial charge in [0.1, 0.15) is 0 Å². The van der Waals surface area contributed by atoms with Gasteiger partial charge in [0.25, 0.3) is 5.91 Å². The fraction of sp³-hybridized carbons (Fsp3) is 0.278. The van der Waals surface area contributed by atoms with Crippen molar-refractivity contribution in [2.45, 2.75) is 17.7 Å². The summed E-state index contributed by atoms with van der Waals surface area (Å²) in [5, 5.41) is 3.54. The summed E-state index contributed by atoms with van der Waals surface area (Å²) in [6.07, 6.45) is 3.93. The lowest BCUT2D eigenvalue weighted by molar-refractivity contribution is 0.102. The van der Waals surface area contributed by atoms with Gasteiger partial charge in [0.2, 0.25) is 0 Å². The number of nitrogens with one attached hydrogen (secondary N) is 1. The molecule has 1 fully saturated rings. The SMILES string of the molecule is CS(=O)c1ccc(C(=O)Nc2cc(Cl)ccc2N2CCCC2)cc1. The van der Waals surface area contributed by atoms with E-state index >= 15 is 0 Å². The van der Waals surface area contributed by atoms with E-state index in [2.05, 4.69) is 10.2 Å². The monoisotopic (exact) mass is 362 g/mol. The molecule has 0 aliphatic carbocycles. The van der Waals surface area contributed by atoms with Gasteiger partial charge in [-0.2, -0.15) is 0 Å². The lowest BCUT2D eigenvalue weighted by Crippen LogP contribution is -2.21. The molecular weight excluding hydrogens is 344 g/mol. The van der Waals surface area contributed by atoms with Crippen LogP contribution in [0.15, 0.2) is 47.4 Å². The number of amides is 1. The fourth-order valence-corrected chi connectivity index (χ4v) is 3.53. The van der Waals surface area contributed by atoms with Crippen LogP contribution in [0.1, 0.15) is 23.2 Å². The van der Waals surface area contributed by atoms with Crippen LogP contribution in [0.5, 0.6) is 0 Å². The Kier molecular flexibility index (Phi) is 5.21. The number of carbonyl (C=O) groups excluding carboxylic acids is 1. The maximum absolute atomic E-state index is 12.5. The second-order valence-corrected chi connectivity index (χ2v) is 7.60. The quantitative estimate of drug-likeness (QED) is 0.896. The van der Waals surface area contributed by atoms with Gasteiger partial charge >= 0.3 is 0 Å². The van der Waals surface area contributed by atoms with E-state index in [0.717, 1.165) is 37.3 Å². The molecule has 2 aromatic rings. The van der Waals surface area contributed by atoms with Crippen LogP contribution in [0.25, 0.3) is 0 Å². The highest BCUT2D eigenvalue weighted by Gasteiger charge is 2.18. The van der Waals surface area contributed by atoms with Gasteiger partial charge in [0, 0.05) is 45.6 Å². The molecule has 24 heavy (non-hydrogen) atoms. The number of hydrogen-bond acceptors (Lipinski definition) is 3. The van der Waals surface area contributed by atoms with Crippen LogP contribution in [-0.4, -0.2) is 29.5 Å². The summed E-state index contributed by atoms with van der Waals surface area (Å²) >= 11 is 6.10. The number of anilines is 2. The Morgan fingerprint density at radius 2 is 1.79 bits per heavy atom. The van der Waals surface area contributed by atoms with Crippen LogP contribution in [-0.2, 0) is 10.8 Å². The predicted molar refractivity (Wildman–Crippen MR) is 99.6 cm³/mol. The second-order valence-electron chi connectivity index (χ2n) is 5.79. The van der Waals surface area contributed by atoms with Gasteiger partial charge in [-0.15, -0.1) is 0 Å². The summed E-state index contributed by atoms with van der Waals surface area (Å²) in [5.41, 5.74) is 2.24. The zero-order chi connectivity index (χ0) is 17.1. The van der Waals surface area contributed by atoms with E-state index in [0.29, 0.717) is 15.5 Å². The molecule has 3 rings (SSSR count). The molecule has 1 N–H and O–H groups in total. The van der Waals surface area contributed by atoms with Crippen molar-refractivity contribution in [1.82, 2.24) is 0 Å². The normalized spacial score (nSPS) is 15.3. The largest absolute Gasteiger partial charge is 0.370 e. The van der Waals surface area contributed by atoms with Gasteiger partial charge in [0.15, 0.2) is 0 Å². The van der Waals surface area contributed by atoms with Gasteiger partial charge < -0.3 is 10.2 Å². The Balaban J connectivity index is 1.83. The minimum atomic E-state index is -1.05. The van der Waals surface area contributed by atoms with Gasteiger partial charge in [-0.25, -0.2) is 0 Å². The average Bonchev–Trinajstić information content (AvgIpc) is 3.09. The molecule has 1 amide bonds. The molecule has 1 heterocycles. The molecule has 4 nitrogen and oxygen atoms in total. The Hall–Kier alpha value is -1.85. The van der Waals surface area contributed by atoms with E-state index in [1.807, 2.05) is 12.1 Å². The molecule has 6 heteroatoms. The highest BCUT2D eigenvalue weighted by molar-refractivity contribution is 7.84. The summed E-state index contributed by atoms with van der Waals surface area (Å²) in [6, 6.07) is 12.4. The zero-order valence-corrected chi connectivity index (χ0v) is 15.0. The summed E-state index contributed by atoms with van der Waals surface area (Å²) < 4.78 is 11.4. The number of hydrogen-bond donors (Lipinski definition) is 1. The van der Waals surface area contributed by atoms with Crippen molar-refractivity contribution in [3.8, 4) is 0 Å². The van der Waals surface area contributed by atoms with E-state index in [-0.39, 0.29) is 5.91 Å². The predicted octanol–water partition coefficient (Wildman–Crippen LogP) is 3.93. The molecule has 0 saturated carbocycles. The first kappa shape index (κ1) is 17.0. The van der Waals surface area contributed by atoms with Gasteiger partial charge in [-0.05, 0) is 55.3 Å². The second kappa shape index (κ2) is 7.36. The van der Waals surface area contributed by atoms with E-state index in [1.165, 1.54) is 0 Å². The first-order valence-corrected chi connectivity index (χ1v) is 9.77. The Morgan fingerprint density at radius 3 is 2.42 bits per heavy atom. The molecule has 1 aliphatic heterocycles. The van der Waals surface area contributed by atoms with Gasteiger partial charge in [-0.1, -0.05) is 11.6 Å². The number of rotatable bonds is 4. The highest BCUT2D eigenvalue weighted by Crippen LogP contribution is 2.31. The van der Waals surface area contributed by atoms with Crippen molar-refractivity contribution in [2.24, 2.45) is 0 Å². The molecule has 0 bridgehead atoms. The van der Waals surface area contributed by atoms with Crippen LogP contribution >= 0.6 is 11.6 Å². The molecule has 126 valence electrons. The van der Waals surface area contributed by atoms with Gasteiger partial charge in [-0.3, -0.25) is 9.00 Å². The molecule has 1 saturated heterocycles. The molecule has 1 aliphatic rings. The third-order valence-corrected chi connectivity index (χ3v) is 5.27. The lowest BCUT2D eigenvalue weighted by atomic mass is 10.2. The van der Waals surface area contributed by atoms with Crippen LogP contribution < -0.4 is 10.2 Å². The van der Waals surface area contributed by atoms with E-state index in [1.54, 1.807) is 36.6 Å². The van der Waals surface area contributed by atoms with Crippen molar-refractivity contribution in [1.29, 1.82) is 0 Å². The van der Waals surface area contributed by atoms with Crippen molar-refractivity contribution < 1.29 is 9.00 Å². The van der Waals surface area contributed by atoms with Crippen LogP contribution in [0.2, 0.25) is 5.02 Å². The molecule has 0 spiro atoms. The van der Waals surface area contributed by atoms with Gasteiger partial charge in [0.05, 0.1) is 11.4 Å². The number of benzene rings is 2. The van der Waals surface area contributed by atoms with E-state index in [4.69, 9.17) is 11.6 Å². The Morgan fingerprint density at radius 1 is 1.12 bits per heavy atom. The third-order valence-electron chi connectivity index (χ3n) is 4.10. The van der Waals surface area contributed by atoms with E-state index < -0.39 is 10.8 Å². The maximum atomic E-state index is 12.5. The smallest absolute Gasteiger partial charge is 0.255 e. The number of nitrogens with zero attached hydrogens (tertiary/aromatic N) is 1. The first-order chi connectivity index (χ1) is 11.5. The number of carbonyl (C=O) groups is 1. The molecular formula is C18H19ClN2O2S. The summed E-state index contributed by atoms with van der Waals surface area (Å²) in [4.78, 5) is 15.5. The first-order valence-electron chi connectivity index (χ1n) is 7.84. The number of halogens is 1. The average molecular weight is 363 g/mol. The summed E-state index contributed by atoms with van der Waals surface area (Å²) in [5.74, 6) is -0.203. The topological polar surface area (TPSA) is 49.4 Å². The molecule has 1 atom stereocenters. The van der Waals surface area contributed by atoms with Crippen molar-refractivity contribution >= 4 is 39.7 Å². The van der Waals surface area contributed by atoms with Crippen molar-refractivity contribution in [3.63, 3.8) is 0 Å². The van der Waals surface area contributed by atoms with Crippen LogP contribution in [0.4, 0.5) is 11.4 Å². The molecule has 2 aromatic carbocycles.